The van der Waals surface area contributed by atoms with E-state index in [0.29, 0.717) is 5.75 Å². The lowest BCUT2D eigenvalue weighted by molar-refractivity contribution is -0.0778. The van der Waals surface area contributed by atoms with Gasteiger partial charge in [-0.3, -0.25) is 0 Å². The molecule has 7 nitrogen and oxygen atoms in total. The zero-order valence-electron chi connectivity index (χ0n) is 17.2. The smallest absolute Gasteiger partial charge is 0.407 e. The van der Waals surface area contributed by atoms with Crippen LogP contribution in [0.5, 0.6) is 5.75 Å². The molecule has 0 spiro atoms. The Morgan fingerprint density at radius 1 is 1.13 bits per heavy atom. The van der Waals surface area contributed by atoms with Gasteiger partial charge in [-0.05, 0) is 23.3 Å². The molecule has 0 radical (unpaired) electrons. The van der Waals surface area contributed by atoms with Crippen molar-refractivity contribution in [1.82, 2.24) is 20.1 Å². The summed E-state index contributed by atoms with van der Waals surface area (Å²) in [4.78, 5) is 16.0. The van der Waals surface area contributed by atoms with Crippen molar-refractivity contribution in [2.45, 2.75) is 26.2 Å². The van der Waals surface area contributed by atoms with Gasteiger partial charge in [-0.2, -0.15) is 5.10 Å². The standard InChI is InChI=1S/C22H25ClN4O3/c1-22(2,13-23)19(30-21(28)24-3)20(27-15-25-14-26-27)29-18-11-9-17(10-12-18)16-7-5-4-6-8-16/h4-12,14-15,19-20H,13H2,1-3H3,(H,24,28). The van der Waals surface area contributed by atoms with E-state index >= 15 is 0 Å². The molecule has 30 heavy (non-hydrogen) atoms. The van der Waals surface area contributed by atoms with Gasteiger partial charge < -0.3 is 14.8 Å². The van der Waals surface area contributed by atoms with E-state index in [2.05, 4.69) is 15.4 Å². The van der Waals surface area contributed by atoms with Gasteiger partial charge >= 0.3 is 6.09 Å². The molecule has 2 aromatic carbocycles. The second-order valence-electron chi connectivity index (χ2n) is 7.47. The third-order valence-electron chi connectivity index (χ3n) is 4.73. The lowest BCUT2D eigenvalue weighted by Gasteiger charge is -2.37. The largest absolute Gasteiger partial charge is 0.465 e. The molecule has 0 saturated carbocycles. The molecule has 1 aromatic heterocycles. The van der Waals surface area contributed by atoms with Crippen LogP contribution in [0.3, 0.4) is 0 Å². The summed E-state index contributed by atoms with van der Waals surface area (Å²) in [6.07, 6.45) is 0.852. The number of nitrogens with one attached hydrogen (secondary N) is 1. The maximum atomic E-state index is 12.0. The van der Waals surface area contributed by atoms with Crippen LogP contribution in [0.25, 0.3) is 11.1 Å². The normalized spacial score (nSPS) is 13.3. The van der Waals surface area contributed by atoms with Crippen molar-refractivity contribution in [3.63, 3.8) is 0 Å². The van der Waals surface area contributed by atoms with Gasteiger partial charge in [0.05, 0.1) is 0 Å². The molecule has 1 heterocycles. The van der Waals surface area contributed by atoms with Gasteiger partial charge in [0.1, 0.15) is 18.4 Å². The maximum Gasteiger partial charge on any atom is 0.407 e. The van der Waals surface area contributed by atoms with Crippen LogP contribution < -0.4 is 10.1 Å². The van der Waals surface area contributed by atoms with Crippen molar-refractivity contribution in [3.05, 3.63) is 67.3 Å². The number of alkyl carbamates (subject to hydrolysis) is 1. The lowest BCUT2D eigenvalue weighted by atomic mass is 9.87. The molecule has 158 valence electrons. The molecule has 2 unspecified atom stereocenters. The van der Waals surface area contributed by atoms with Gasteiger partial charge in [0.2, 0.25) is 6.23 Å². The van der Waals surface area contributed by atoms with Crippen LogP contribution in [0.2, 0.25) is 0 Å². The van der Waals surface area contributed by atoms with Gasteiger partial charge in [-0.1, -0.05) is 56.3 Å². The minimum Gasteiger partial charge on any atom is -0.465 e. The molecule has 0 aliphatic carbocycles. The van der Waals surface area contributed by atoms with Crippen molar-refractivity contribution in [2.75, 3.05) is 12.9 Å². The number of aromatic nitrogens is 3. The molecule has 0 fully saturated rings. The highest BCUT2D eigenvalue weighted by atomic mass is 35.5. The Kier molecular flexibility index (Phi) is 6.95. The minimum absolute atomic E-state index is 0.246. The molecule has 0 bridgehead atoms. The summed E-state index contributed by atoms with van der Waals surface area (Å²) >= 11 is 6.20. The first-order valence-corrected chi connectivity index (χ1v) is 10.1. The van der Waals surface area contributed by atoms with Crippen LogP contribution >= 0.6 is 11.6 Å². The van der Waals surface area contributed by atoms with Crippen LogP contribution in [0.1, 0.15) is 20.1 Å². The van der Waals surface area contributed by atoms with Crippen LogP contribution in [-0.4, -0.2) is 39.9 Å². The summed E-state index contributed by atoms with van der Waals surface area (Å²) in [5.41, 5.74) is 1.58. The molecule has 0 aliphatic rings. The molecule has 1 amide bonds. The van der Waals surface area contributed by atoms with Crippen molar-refractivity contribution in [3.8, 4) is 16.9 Å². The Morgan fingerprint density at radius 3 is 2.37 bits per heavy atom. The van der Waals surface area contributed by atoms with Gasteiger partial charge in [0, 0.05) is 18.3 Å². The fourth-order valence-electron chi connectivity index (χ4n) is 2.95. The van der Waals surface area contributed by atoms with Crippen LogP contribution in [0.4, 0.5) is 4.79 Å². The van der Waals surface area contributed by atoms with Gasteiger partial charge in [-0.25, -0.2) is 14.5 Å². The second-order valence-corrected chi connectivity index (χ2v) is 7.74. The Hall–Kier alpha value is -3.06. The first-order chi connectivity index (χ1) is 14.4. The third kappa shape index (κ3) is 5.10. The van der Waals surface area contributed by atoms with E-state index in [1.807, 2.05) is 68.4 Å². The average Bonchev–Trinajstić information content (AvgIpc) is 3.31. The SMILES string of the molecule is CNC(=O)OC(C(Oc1ccc(-c2ccccc2)cc1)n1cncn1)C(C)(C)CCl. The van der Waals surface area contributed by atoms with Crippen molar-refractivity contribution >= 4 is 17.7 Å². The maximum absolute atomic E-state index is 12.0. The molecule has 3 aromatic rings. The van der Waals surface area contributed by atoms with Crippen molar-refractivity contribution in [1.29, 1.82) is 0 Å². The summed E-state index contributed by atoms with van der Waals surface area (Å²) in [5.74, 6) is 0.849. The van der Waals surface area contributed by atoms with E-state index in [9.17, 15) is 4.79 Å². The number of nitrogens with zero attached hydrogens (tertiary/aromatic N) is 3. The van der Waals surface area contributed by atoms with Crippen molar-refractivity contribution in [2.24, 2.45) is 5.41 Å². The molecule has 0 saturated heterocycles. The molecule has 3 rings (SSSR count). The topological polar surface area (TPSA) is 78.3 Å². The molecular weight excluding hydrogens is 404 g/mol. The fraction of sp³-hybridized carbons (Fsp3) is 0.318. The van der Waals surface area contributed by atoms with Gasteiger partial charge in [0.15, 0.2) is 6.10 Å². The van der Waals surface area contributed by atoms with E-state index < -0.39 is 23.8 Å². The molecule has 8 heteroatoms. The number of benzene rings is 2. The highest BCUT2D eigenvalue weighted by Gasteiger charge is 2.41. The second kappa shape index (κ2) is 9.63. The van der Waals surface area contributed by atoms with E-state index in [-0.39, 0.29) is 5.88 Å². The zero-order chi connectivity index (χ0) is 21.6. The van der Waals surface area contributed by atoms with E-state index in [1.165, 1.54) is 24.4 Å². The predicted molar refractivity (Wildman–Crippen MR) is 115 cm³/mol. The Balaban J connectivity index is 1.91. The molecule has 0 aliphatic heterocycles. The highest BCUT2D eigenvalue weighted by Crippen LogP contribution is 2.35. The summed E-state index contributed by atoms with van der Waals surface area (Å²) in [7, 11) is 1.50. The Labute approximate surface area is 181 Å². The number of halogens is 1. The van der Waals surface area contributed by atoms with Gasteiger partial charge in [-0.15, -0.1) is 11.6 Å². The Bertz CT molecular complexity index is 931. The van der Waals surface area contributed by atoms with E-state index in [1.54, 1.807) is 0 Å². The summed E-state index contributed by atoms with van der Waals surface area (Å²) in [5, 5.41) is 6.68. The number of ether oxygens (including phenoxy) is 2. The third-order valence-corrected chi connectivity index (χ3v) is 5.42. The number of hydrogen-bond donors (Lipinski definition) is 1. The number of hydrogen-bond acceptors (Lipinski definition) is 5. The van der Waals surface area contributed by atoms with Crippen LogP contribution in [0.15, 0.2) is 67.3 Å². The quantitative estimate of drug-likeness (QED) is 0.534. The summed E-state index contributed by atoms with van der Waals surface area (Å²) in [6, 6.07) is 17.8. The molecule has 1 N–H and O–H groups in total. The fourth-order valence-corrected chi connectivity index (χ4v) is 3.11. The number of carbonyl (C=O) groups is 1. The molecule has 2 atom stereocenters. The number of carbonyl (C=O) groups excluding carboxylic acids is 1. The Morgan fingerprint density at radius 2 is 1.80 bits per heavy atom. The monoisotopic (exact) mass is 428 g/mol. The summed E-state index contributed by atoms with van der Waals surface area (Å²) < 4.78 is 13.4. The zero-order valence-corrected chi connectivity index (χ0v) is 17.9. The van der Waals surface area contributed by atoms with E-state index in [0.717, 1.165) is 11.1 Å². The number of amides is 1. The lowest BCUT2D eigenvalue weighted by Crippen LogP contribution is -2.46. The first kappa shape index (κ1) is 21.6. The minimum atomic E-state index is -0.763. The van der Waals surface area contributed by atoms with Crippen LogP contribution in [0, 0.1) is 5.41 Å². The first-order valence-electron chi connectivity index (χ1n) is 9.55. The number of rotatable bonds is 8. The van der Waals surface area contributed by atoms with Crippen molar-refractivity contribution < 1.29 is 14.3 Å². The predicted octanol–water partition coefficient (Wildman–Crippen LogP) is 4.51. The summed E-state index contributed by atoms with van der Waals surface area (Å²) in [6.45, 7) is 3.80. The van der Waals surface area contributed by atoms with Gasteiger partial charge in [0.25, 0.3) is 0 Å². The van der Waals surface area contributed by atoms with E-state index in [4.69, 9.17) is 21.1 Å². The van der Waals surface area contributed by atoms with Crippen LogP contribution in [-0.2, 0) is 4.74 Å². The average molecular weight is 429 g/mol. The number of alkyl halides is 1. The molecular formula is C22H25ClN4O3. The highest BCUT2D eigenvalue weighted by molar-refractivity contribution is 6.18.